The van der Waals surface area contributed by atoms with Gasteiger partial charge in [-0.3, -0.25) is 4.79 Å². The number of rotatable bonds is 5. The number of hydrogen-bond donors (Lipinski definition) is 0. The van der Waals surface area contributed by atoms with E-state index in [-0.39, 0.29) is 17.4 Å². The molecule has 0 radical (unpaired) electrons. The van der Waals surface area contributed by atoms with E-state index in [0.29, 0.717) is 22.7 Å². The van der Waals surface area contributed by atoms with Crippen molar-refractivity contribution in [3.63, 3.8) is 0 Å². The average Bonchev–Trinajstić information content (AvgIpc) is 3.06. The van der Waals surface area contributed by atoms with E-state index in [1.165, 1.54) is 40.7 Å². The Morgan fingerprint density at radius 3 is 2.46 bits per heavy atom. The van der Waals surface area contributed by atoms with Crippen LogP contribution in [0, 0.1) is 11.8 Å². The average molecular weight is 415 g/mol. The molecule has 2 heterocycles. The standard InChI is InChI=1S/C17H20F3N5O2S/c1-11-7-12(2)9-24(8-11)15(26)10-28-16-21-22-23-25(16)13-3-5-14(6-4-13)27-17(18,19)20/h3-6,11-12H,7-10H2,1-2H3/t11-,12+. The highest BCUT2D eigenvalue weighted by atomic mass is 32.2. The summed E-state index contributed by atoms with van der Waals surface area (Å²) in [5.74, 6) is 0.824. The normalized spacial score (nSPS) is 20.2. The molecular weight excluding hydrogens is 395 g/mol. The van der Waals surface area contributed by atoms with Crippen molar-refractivity contribution in [1.29, 1.82) is 0 Å². The second-order valence-corrected chi connectivity index (χ2v) is 7.89. The summed E-state index contributed by atoms with van der Waals surface area (Å²) in [5, 5.41) is 11.7. The molecule has 0 spiro atoms. The van der Waals surface area contributed by atoms with E-state index < -0.39 is 6.36 Å². The Bertz CT molecular complexity index is 802. The van der Waals surface area contributed by atoms with Gasteiger partial charge in [-0.05, 0) is 52.9 Å². The minimum atomic E-state index is -4.75. The smallest absolute Gasteiger partial charge is 0.406 e. The number of aromatic nitrogens is 4. The molecule has 2 atom stereocenters. The van der Waals surface area contributed by atoms with E-state index in [1.807, 2.05) is 4.90 Å². The molecule has 152 valence electrons. The Kier molecular flexibility index (Phi) is 6.11. The van der Waals surface area contributed by atoms with Gasteiger partial charge in [0.1, 0.15) is 5.75 Å². The molecular formula is C17H20F3N5O2S. The summed E-state index contributed by atoms with van der Waals surface area (Å²) in [7, 11) is 0. The molecule has 0 N–H and O–H groups in total. The molecule has 3 rings (SSSR count). The molecule has 0 aliphatic carbocycles. The summed E-state index contributed by atoms with van der Waals surface area (Å²) in [5.41, 5.74) is 0.467. The fraction of sp³-hybridized carbons (Fsp3) is 0.529. The number of benzene rings is 1. The van der Waals surface area contributed by atoms with Crippen LogP contribution in [0.2, 0.25) is 0 Å². The molecule has 11 heteroatoms. The van der Waals surface area contributed by atoms with Crippen LogP contribution in [-0.4, -0.2) is 56.2 Å². The number of hydrogen-bond acceptors (Lipinski definition) is 6. The van der Waals surface area contributed by atoms with Gasteiger partial charge in [-0.25, -0.2) is 0 Å². The monoisotopic (exact) mass is 415 g/mol. The number of ether oxygens (including phenoxy) is 1. The molecule has 0 bridgehead atoms. The molecule has 0 unspecified atom stereocenters. The van der Waals surface area contributed by atoms with E-state index in [9.17, 15) is 18.0 Å². The van der Waals surface area contributed by atoms with Crippen LogP contribution in [0.4, 0.5) is 13.2 Å². The van der Waals surface area contributed by atoms with E-state index in [0.717, 1.165) is 19.5 Å². The molecule has 1 amide bonds. The van der Waals surface area contributed by atoms with Crippen molar-refractivity contribution in [2.45, 2.75) is 31.8 Å². The lowest BCUT2D eigenvalue weighted by Gasteiger charge is -2.34. The van der Waals surface area contributed by atoms with Crippen molar-refractivity contribution in [1.82, 2.24) is 25.1 Å². The van der Waals surface area contributed by atoms with Crippen molar-refractivity contribution < 1.29 is 22.7 Å². The highest BCUT2D eigenvalue weighted by molar-refractivity contribution is 7.99. The van der Waals surface area contributed by atoms with Gasteiger partial charge in [0.2, 0.25) is 11.1 Å². The third kappa shape index (κ3) is 5.37. The largest absolute Gasteiger partial charge is 0.573 e. The maximum Gasteiger partial charge on any atom is 0.573 e. The van der Waals surface area contributed by atoms with E-state index >= 15 is 0 Å². The zero-order valence-corrected chi connectivity index (χ0v) is 16.2. The van der Waals surface area contributed by atoms with Gasteiger partial charge in [0.05, 0.1) is 11.4 Å². The van der Waals surface area contributed by atoms with E-state index in [1.54, 1.807) is 0 Å². The first-order valence-corrected chi connectivity index (χ1v) is 9.75. The summed E-state index contributed by atoms with van der Waals surface area (Å²) in [4.78, 5) is 14.4. The molecule has 2 aromatic rings. The number of halogens is 3. The van der Waals surface area contributed by atoms with Crippen LogP contribution in [0.1, 0.15) is 20.3 Å². The van der Waals surface area contributed by atoms with Crippen molar-refractivity contribution in [3.8, 4) is 11.4 Å². The Balaban J connectivity index is 1.63. The van der Waals surface area contributed by atoms with Crippen molar-refractivity contribution in [3.05, 3.63) is 24.3 Å². The third-order valence-corrected chi connectivity index (χ3v) is 5.21. The lowest BCUT2D eigenvalue weighted by atomic mass is 9.92. The number of nitrogens with zero attached hydrogens (tertiary/aromatic N) is 5. The van der Waals surface area contributed by atoms with Gasteiger partial charge in [-0.15, -0.1) is 18.3 Å². The van der Waals surface area contributed by atoms with Gasteiger partial charge in [-0.2, -0.15) is 4.68 Å². The maximum absolute atomic E-state index is 12.5. The number of piperidine rings is 1. The zero-order valence-electron chi connectivity index (χ0n) is 15.4. The minimum Gasteiger partial charge on any atom is -0.406 e. The van der Waals surface area contributed by atoms with Gasteiger partial charge < -0.3 is 9.64 Å². The van der Waals surface area contributed by atoms with Gasteiger partial charge >= 0.3 is 6.36 Å². The van der Waals surface area contributed by atoms with E-state index in [4.69, 9.17) is 0 Å². The van der Waals surface area contributed by atoms with Crippen LogP contribution < -0.4 is 4.74 Å². The molecule has 0 saturated carbocycles. The first-order valence-electron chi connectivity index (χ1n) is 8.76. The molecule has 1 aliphatic heterocycles. The summed E-state index contributed by atoms with van der Waals surface area (Å²) >= 11 is 1.19. The molecule has 1 saturated heterocycles. The van der Waals surface area contributed by atoms with Crippen LogP contribution in [0.25, 0.3) is 5.69 Å². The predicted octanol–water partition coefficient (Wildman–Crippen LogP) is 3.16. The van der Waals surface area contributed by atoms with Gasteiger partial charge in [0.15, 0.2) is 0 Å². The van der Waals surface area contributed by atoms with Crippen molar-refractivity contribution in [2.24, 2.45) is 11.8 Å². The minimum absolute atomic E-state index is 0.0203. The molecule has 1 fully saturated rings. The summed E-state index contributed by atoms with van der Waals surface area (Å²) in [6, 6.07) is 5.19. The second kappa shape index (κ2) is 8.38. The van der Waals surface area contributed by atoms with Crippen LogP contribution in [0.5, 0.6) is 5.75 Å². The van der Waals surface area contributed by atoms with Crippen molar-refractivity contribution in [2.75, 3.05) is 18.8 Å². The number of alkyl halides is 3. The highest BCUT2D eigenvalue weighted by Gasteiger charge is 2.31. The molecule has 1 aliphatic rings. The topological polar surface area (TPSA) is 73.1 Å². The van der Waals surface area contributed by atoms with Gasteiger partial charge in [0, 0.05) is 13.1 Å². The number of carbonyl (C=O) groups is 1. The fourth-order valence-electron chi connectivity index (χ4n) is 3.30. The summed E-state index contributed by atoms with van der Waals surface area (Å²) in [6.45, 7) is 5.76. The zero-order chi connectivity index (χ0) is 20.3. The quantitative estimate of drug-likeness (QED) is 0.699. The predicted molar refractivity (Wildman–Crippen MR) is 96.1 cm³/mol. The Labute approximate surface area is 164 Å². The maximum atomic E-state index is 12.5. The third-order valence-electron chi connectivity index (χ3n) is 4.30. The molecule has 1 aromatic carbocycles. The molecule has 28 heavy (non-hydrogen) atoms. The van der Waals surface area contributed by atoms with Crippen molar-refractivity contribution >= 4 is 17.7 Å². The lowest BCUT2D eigenvalue weighted by molar-refractivity contribution is -0.274. The highest BCUT2D eigenvalue weighted by Crippen LogP contribution is 2.26. The van der Waals surface area contributed by atoms with E-state index in [2.05, 4.69) is 34.1 Å². The van der Waals surface area contributed by atoms with Gasteiger partial charge in [-0.1, -0.05) is 25.6 Å². The lowest BCUT2D eigenvalue weighted by Crippen LogP contribution is -2.43. The molecule has 7 nitrogen and oxygen atoms in total. The Morgan fingerprint density at radius 2 is 1.86 bits per heavy atom. The second-order valence-electron chi connectivity index (χ2n) is 6.95. The van der Waals surface area contributed by atoms with Crippen LogP contribution in [0.15, 0.2) is 29.4 Å². The first kappa shape index (κ1) is 20.4. The Morgan fingerprint density at radius 1 is 1.21 bits per heavy atom. The van der Waals surface area contributed by atoms with Crippen LogP contribution >= 0.6 is 11.8 Å². The number of carbonyl (C=O) groups excluding carboxylic acids is 1. The van der Waals surface area contributed by atoms with Crippen LogP contribution in [0.3, 0.4) is 0 Å². The number of likely N-dealkylation sites (tertiary alicyclic amines) is 1. The summed E-state index contributed by atoms with van der Waals surface area (Å²) in [6.07, 6.45) is -3.63. The number of amides is 1. The molecule has 1 aromatic heterocycles. The Hall–Kier alpha value is -2.30. The SMILES string of the molecule is C[C@@H]1C[C@H](C)CN(C(=O)CSc2nnnn2-c2ccc(OC(F)(F)F)cc2)C1. The number of thioether (sulfide) groups is 1. The van der Waals surface area contributed by atoms with Crippen LogP contribution in [-0.2, 0) is 4.79 Å². The van der Waals surface area contributed by atoms with Gasteiger partial charge in [0.25, 0.3) is 0 Å². The first-order chi connectivity index (χ1) is 13.2. The summed E-state index contributed by atoms with van der Waals surface area (Å²) < 4.78 is 42.0. The fourth-order valence-corrected chi connectivity index (χ4v) is 4.10. The number of tetrazole rings is 1.